The number of fused-ring (bicyclic) bond motifs is 1. The van der Waals surface area contributed by atoms with Gasteiger partial charge in [-0.15, -0.1) is 0 Å². The fraction of sp³-hybridized carbons (Fsp3) is 0.0476. The van der Waals surface area contributed by atoms with E-state index < -0.39 is 0 Å². The highest BCUT2D eigenvalue weighted by atomic mass is 14.7. The molecule has 0 saturated carbocycles. The van der Waals surface area contributed by atoms with Gasteiger partial charge in [-0.1, -0.05) is 66.7 Å². The van der Waals surface area contributed by atoms with Gasteiger partial charge in [0.2, 0.25) is 0 Å². The Labute approximate surface area is 130 Å². The quantitative estimate of drug-likeness (QED) is 0.478. The lowest BCUT2D eigenvalue weighted by Crippen LogP contribution is -1.80. The summed E-state index contributed by atoms with van der Waals surface area (Å²) in [4.78, 5) is 3.51. The molecule has 0 aliphatic heterocycles. The number of hydrogen-bond acceptors (Lipinski definition) is 0. The van der Waals surface area contributed by atoms with E-state index in [2.05, 4.69) is 84.7 Å². The maximum Gasteiger partial charge on any atom is 0.0464 e. The number of H-pyrrole nitrogens is 1. The van der Waals surface area contributed by atoms with Crippen molar-refractivity contribution in [2.24, 2.45) is 0 Å². The molecule has 4 aromatic rings. The average molecular weight is 283 g/mol. The van der Waals surface area contributed by atoms with Crippen molar-refractivity contribution in [2.75, 3.05) is 0 Å². The number of hydrogen-bond donors (Lipinski definition) is 1. The first-order chi connectivity index (χ1) is 10.8. The van der Waals surface area contributed by atoms with Gasteiger partial charge in [0.1, 0.15) is 0 Å². The van der Waals surface area contributed by atoms with Crippen LogP contribution in [0.2, 0.25) is 0 Å². The molecular formula is C21H17N. The first-order valence-corrected chi connectivity index (χ1v) is 7.55. The van der Waals surface area contributed by atoms with Crippen molar-refractivity contribution in [3.05, 3.63) is 84.4 Å². The van der Waals surface area contributed by atoms with Gasteiger partial charge in [0.05, 0.1) is 0 Å². The summed E-state index contributed by atoms with van der Waals surface area (Å²) in [7, 11) is 0. The number of rotatable bonds is 2. The van der Waals surface area contributed by atoms with Crippen LogP contribution in [0.15, 0.2) is 78.9 Å². The molecule has 3 aromatic carbocycles. The lowest BCUT2D eigenvalue weighted by molar-refractivity contribution is 1.43. The molecule has 0 atom stereocenters. The highest BCUT2D eigenvalue weighted by Gasteiger charge is 2.04. The number of aromatic amines is 1. The van der Waals surface area contributed by atoms with Crippen LogP contribution in [0.4, 0.5) is 0 Å². The van der Waals surface area contributed by atoms with Gasteiger partial charge >= 0.3 is 0 Å². The van der Waals surface area contributed by atoms with Crippen molar-refractivity contribution in [2.45, 2.75) is 6.92 Å². The van der Waals surface area contributed by atoms with E-state index in [1.807, 2.05) is 6.07 Å². The monoisotopic (exact) mass is 283 g/mol. The summed E-state index contributed by atoms with van der Waals surface area (Å²) >= 11 is 0. The molecule has 1 heterocycles. The van der Waals surface area contributed by atoms with Gasteiger partial charge in [0.15, 0.2) is 0 Å². The fourth-order valence-electron chi connectivity index (χ4n) is 2.87. The molecule has 0 spiro atoms. The molecule has 0 amide bonds. The Kier molecular flexibility index (Phi) is 3.05. The minimum Gasteiger partial charge on any atom is -0.355 e. The summed E-state index contributed by atoms with van der Waals surface area (Å²) in [5.41, 5.74) is 7.36. The molecule has 22 heavy (non-hydrogen) atoms. The lowest BCUT2D eigenvalue weighted by Gasteiger charge is -2.03. The summed E-state index contributed by atoms with van der Waals surface area (Å²) in [6.07, 6.45) is 0. The van der Waals surface area contributed by atoms with Gasteiger partial charge in [0.25, 0.3) is 0 Å². The predicted octanol–water partition coefficient (Wildman–Crippen LogP) is 5.81. The molecule has 0 bridgehead atoms. The smallest absolute Gasteiger partial charge is 0.0464 e. The number of aryl methyl sites for hydroxylation is 1. The van der Waals surface area contributed by atoms with Gasteiger partial charge in [-0.25, -0.2) is 0 Å². The van der Waals surface area contributed by atoms with Gasteiger partial charge in [0, 0.05) is 16.6 Å². The second-order valence-corrected chi connectivity index (χ2v) is 5.72. The zero-order valence-corrected chi connectivity index (χ0v) is 12.5. The molecule has 0 aliphatic carbocycles. The molecule has 0 fully saturated rings. The van der Waals surface area contributed by atoms with Crippen molar-refractivity contribution in [1.29, 1.82) is 0 Å². The number of aromatic nitrogens is 1. The van der Waals surface area contributed by atoms with Crippen LogP contribution in [0.3, 0.4) is 0 Å². The molecule has 0 radical (unpaired) electrons. The molecular weight excluding hydrogens is 266 g/mol. The van der Waals surface area contributed by atoms with E-state index in [4.69, 9.17) is 0 Å². The second kappa shape index (κ2) is 5.19. The summed E-state index contributed by atoms with van der Waals surface area (Å²) in [6, 6.07) is 27.9. The van der Waals surface area contributed by atoms with Crippen LogP contribution in [-0.2, 0) is 0 Å². The van der Waals surface area contributed by atoms with E-state index in [0.717, 1.165) is 0 Å². The van der Waals surface area contributed by atoms with Gasteiger partial charge in [-0.05, 0) is 41.3 Å². The Morgan fingerprint density at radius 2 is 1.32 bits per heavy atom. The normalized spacial score (nSPS) is 11.0. The summed E-state index contributed by atoms with van der Waals surface area (Å²) in [5.74, 6) is 0. The van der Waals surface area contributed by atoms with E-state index in [-0.39, 0.29) is 0 Å². The third-order valence-corrected chi connectivity index (χ3v) is 4.08. The fourth-order valence-corrected chi connectivity index (χ4v) is 2.87. The molecule has 1 heteroatoms. The first-order valence-electron chi connectivity index (χ1n) is 7.55. The number of nitrogens with one attached hydrogen (secondary N) is 1. The van der Waals surface area contributed by atoms with Crippen LogP contribution in [0.1, 0.15) is 5.56 Å². The Bertz CT molecular complexity index is 915. The zero-order valence-electron chi connectivity index (χ0n) is 12.5. The minimum atomic E-state index is 1.17. The van der Waals surface area contributed by atoms with Crippen LogP contribution in [-0.4, -0.2) is 4.98 Å². The highest BCUT2D eigenvalue weighted by molar-refractivity contribution is 5.86. The van der Waals surface area contributed by atoms with Crippen LogP contribution in [0, 0.1) is 6.92 Å². The van der Waals surface area contributed by atoms with Gasteiger partial charge in [-0.2, -0.15) is 0 Å². The van der Waals surface area contributed by atoms with E-state index >= 15 is 0 Å². The van der Waals surface area contributed by atoms with E-state index in [1.54, 1.807) is 0 Å². The molecule has 0 unspecified atom stereocenters. The van der Waals surface area contributed by atoms with Crippen LogP contribution >= 0.6 is 0 Å². The predicted molar refractivity (Wildman–Crippen MR) is 93.9 cm³/mol. The van der Waals surface area contributed by atoms with Crippen molar-refractivity contribution in [3.63, 3.8) is 0 Å². The topological polar surface area (TPSA) is 15.8 Å². The summed E-state index contributed by atoms with van der Waals surface area (Å²) in [6.45, 7) is 2.12. The van der Waals surface area contributed by atoms with Crippen molar-refractivity contribution in [1.82, 2.24) is 4.98 Å². The van der Waals surface area contributed by atoms with Crippen molar-refractivity contribution in [3.8, 4) is 22.4 Å². The van der Waals surface area contributed by atoms with E-state index in [9.17, 15) is 0 Å². The SMILES string of the molecule is Cc1ccc2cc(-c3ccc(-c4ccccc4)cc3)[nH]c2c1. The van der Waals surface area contributed by atoms with Gasteiger partial charge < -0.3 is 4.98 Å². The standard InChI is InChI=1S/C21H17N/c1-15-7-8-19-14-21(22-20(19)13-15)18-11-9-17(10-12-18)16-5-3-2-4-6-16/h2-14,22H,1H3. The largest absolute Gasteiger partial charge is 0.355 e. The summed E-state index contributed by atoms with van der Waals surface area (Å²) in [5, 5.41) is 1.26. The van der Waals surface area contributed by atoms with E-state index in [0.29, 0.717) is 0 Å². The maximum atomic E-state index is 3.51. The maximum absolute atomic E-state index is 3.51. The minimum absolute atomic E-state index is 1.17. The molecule has 1 N–H and O–H groups in total. The third-order valence-electron chi connectivity index (χ3n) is 4.08. The van der Waals surface area contributed by atoms with Crippen molar-refractivity contribution < 1.29 is 0 Å². The first kappa shape index (κ1) is 12.9. The van der Waals surface area contributed by atoms with E-state index in [1.165, 1.54) is 38.9 Å². The Morgan fingerprint density at radius 1 is 0.636 bits per heavy atom. The zero-order chi connectivity index (χ0) is 14.9. The molecule has 0 aliphatic rings. The lowest BCUT2D eigenvalue weighted by atomic mass is 10.0. The average Bonchev–Trinajstić information content (AvgIpc) is 2.99. The molecule has 106 valence electrons. The Hall–Kier alpha value is -2.80. The Morgan fingerprint density at radius 3 is 2.09 bits per heavy atom. The van der Waals surface area contributed by atoms with Crippen LogP contribution < -0.4 is 0 Å². The van der Waals surface area contributed by atoms with Gasteiger partial charge in [-0.3, -0.25) is 0 Å². The van der Waals surface area contributed by atoms with Crippen molar-refractivity contribution >= 4 is 10.9 Å². The third kappa shape index (κ3) is 2.31. The Balaban J connectivity index is 1.73. The highest BCUT2D eigenvalue weighted by Crippen LogP contribution is 2.27. The summed E-state index contributed by atoms with van der Waals surface area (Å²) < 4.78 is 0. The molecule has 1 nitrogen and oxygen atoms in total. The molecule has 0 saturated heterocycles. The van der Waals surface area contributed by atoms with Crippen LogP contribution in [0.25, 0.3) is 33.3 Å². The van der Waals surface area contributed by atoms with Crippen LogP contribution in [0.5, 0.6) is 0 Å². The second-order valence-electron chi connectivity index (χ2n) is 5.72. The molecule has 4 rings (SSSR count). The number of benzene rings is 3. The molecule has 1 aromatic heterocycles.